The zero-order valence-electron chi connectivity index (χ0n) is 12.0. The number of rotatable bonds is 4. The molecule has 3 heterocycles. The normalized spacial score (nSPS) is 19.4. The first-order valence-corrected chi connectivity index (χ1v) is 7.72. The van der Waals surface area contributed by atoms with E-state index in [0.29, 0.717) is 16.9 Å². The third-order valence-corrected chi connectivity index (χ3v) is 4.41. The maximum Gasteiger partial charge on any atom is 0.223 e. The Morgan fingerprint density at radius 2 is 2.38 bits per heavy atom. The maximum absolute atomic E-state index is 5.68. The van der Waals surface area contributed by atoms with Gasteiger partial charge in [-0.05, 0) is 25.3 Å². The number of hydrogen-bond acceptors (Lipinski definition) is 7. The Labute approximate surface area is 134 Å². The lowest BCUT2D eigenvalue weighted by Gasteiger charge is -2.31. The van der Waals surface area contributed by atoms with Crippen LogP contribution in [0.4, 0.5) is 5.13 Å². The molecule has 0 aliphatic carbocycles. The summed E-state index contributed by atoms with van der Waals surface area (Å²) in [7, 11) is 0. The van der Waals surface area contributed by atoms with Crippen molar-refractivity contribution in [2.24, 2.45) is 5.92 Å². The number of halogens is 1. The van der Waals surface area contributed by atoms with Crippen LogP contribution >= 0.6 is 23.7 Å². The van der Waals surface area contributed by atoms with Crippen molar-refractivity contribution in [2.75, 3.05) is 18.8 Å². The number of piperidine rings is 1. The molecule has 1 aliphatic heterocycles. The molecule has 1 unspecified atom stereocenters. The fourth-order valence-corrected chi connectivity index (χ4v) is 3.49. The minimum absolute atomic E-state index is 0. The summed E-state index contributed by atoms with van der Waals surface area (Å²) in [5.74, 6) is 2.08. The zero-order valence-corrected chi connectivity index (χ0v) is 13.6. The summed E-state index contributed by atoms with van der Waals surface area (Å²) in [5.41, 5.74) is 5.68. The fraction of sp³-hybridized carbons (Fsp3) is 0.615. The van der Waals surface area contributed by atoms with E-state index in [0.717, 1.165) is 31.9 Å². The Kier molecular flexibility index (Phi) is 5.55. The van der Waals surface area contributed by atoms with Gasteiger partial charge < -0.3 is 10.3 Å². The number of nitrogen functional groups attached to an aromatic ring is 1. The smallest absolute Gasteiger partial charge is 0.223 e. The molecule has 1 atom stereocenters. The summed E-state index contributed by atoms with van der Waals surface area (Å²) in [5, 5.41) is 4.64. The Balaban J connectivity index is 0.00000161. The summed E-state index contributed by atoms with van der Waals surface area (Å²) in [6.07, 6.45) is 5.23. The average Bonchev–Trinajstić information content (AvgIpc) is 2.99. The highest BCUT2D eigenvalue weighted by Gasteiger charge is 2.22. The van der Waals surface area contributed by atoms with Crippen molar-refractivity contribution in [2.45, 2.75) is 32.7 Å². The largest absolute Gasteiger partial charge is 0.375 e. The first kappa shape index (κ1) is 16.2. The number of aromatic nitrogens is 3. The molecule has 2 aromatic rings. The predicted molar refractivity (Wildman–Crippen MR) is 84.5 cm³/mol. The molecule has 8 heteroatoms. The van der Waals surface area contributed by atoms with Gasteiger partial charge in [0.25, 0.3) is 0 Å². The van der Waals surface area contributed by atoms with Gasteiger partial charge in [0, 0.05) is 37.5 Å². The highest BCUT2D eigenvalue weighted by molar-refractivity contribution is 7.15. The summed E-state index contributed by atoms with van der Waals surface area (Å²) in [6.45, 7) is 4.99. The molecule has 0 aromatic carbocycles. The third-order valence-electron chi connectivity index (χ3n) is 3.59. The van der Waals surface area contributed by atoms with Gasteiger partial charge in [0.1, 0.15) is 0 Å². The molecule has 0 spiro atoms. The number of nitrogens with zero attached hydrogens (tertiary/aromatic N) is 4. The van der Waals surface area contributed by atoms with Crippen molar-refractivity contribution in [1.29, 1.82) is 0 Å². The molecule has 116 valence electrons. The summed E-state index contributed by atoms with van der Waals surface area (Å²) >= 11 is 1.58. The molecular formula is C13H20ClN5OS. The third kappa shape index (κ3) is 4.39. The highest BCUT2D eigenvalue weighted by Crippen LogP contribution is 2.23. The minimum atomic E-state index is 0. The van der Waals surface area contributed by atoms with Gasteiger partial charge in [-0.1, -0.05) is 5.16 Å². The van der Waals surface area contributed by atoms with E-state index in [1.165, 1.54) is 17.7 Å². The fourth-order valence-electron chi connectivity index (χ4n) is 2.76. The van der Waals surface area contributed by atoms with Gasteiger partial charge in [0.05, 0.1) is 0 Å². The van der Waals surface area contributed by atoms with E-state index in [4.69, 9.17) is 10.3 Å². The Morgan fingerprint density at radius 3 is 3.05 bits per heavy atom. The van der Waals surface area contributed by atoms with Gasteiger partial charge >= 0.3 is 0 Å². The van der Waals surface area contributed by atoms with Gasteiger partial charge in [-0.2, -0.15) is 4.98 Å². The summed E-state index contributed by atoms with van der Waals surface area (Å²) in [6, 6.07) is 0. The van der Waals surface area contributed by atoms with E-state index < -0.39 is 0 Å². The van der Waals surface area contributed by atoms with Crippen molar-refractivity contribution in [3.63, 3.8) is 0 Å². The monoisotopic (exact) mass is 329 g/mol. The van der Waals surface area contributed by atoms with E-state index in [1.54, 1.807) is 11.3 Å². The Morgan fingerprint density at radius 1 is 1.52 bits per heavy atom. The number of hydrogen-bond donors (Lipinski definition) is 1. The minimum Gasteiger partial charge on any atom is -0.375 e. The van der Waals surface area contributed by atoms with Crippen LogP contribution in [0.15, 0.2) is 10.7 Å². The van der Waals surface area contributed by atoms with Crippen LogP contribution in [0.1, 0.15) is 29.4 Å². The number of aryl methyl sites for hydroxylation is 1. The first-order chi connectivity index (χ1) is 9.69. The second kappa shape index (κ2) is 7.20. The lowest BCUT2D eigenvalue weighted by atomic mass is 9.94. The molecule has 0 amide bonds. The lowest BCUT2D eigenvalue weighted by molar-refractivity contribution is 0.166. The van der Waals surface area contributed by atoms with Gasteiger partial charge in [-0.3, -0.25) is 4.90 Å². The molecule has 0 radical (unpaired) electrons. The van der Waals surface area contributed by atoms with Crippen molar-refractivity contribution >= 4 is 28.9 Å². The van der Waals surface area contributed by atoms with Crippen LogP contribution in [-0.2, 0) is 13.0 Å². The molecule has 3 rings (SSSR count). The molecule has 0 saturated carbocycles. The molecule has 1 aliphatic rings. The SMILES string of the molecule is Cc1nc(CC2CCCN(Cc3cnc(N)s3)C2)no1.Cl. The van der Waals surface area contributed by atoms with E-state index in [9.17, 15) is 0 Å². The van der Waals surface area contributed by atoms with Crippen LogP contribution in [0.2, 0.25) is 0 Å². The average molecular weight is 330 g/mol. The Bertz CT molecular complexity index is 524. The van der Waals surface area contributed by atoms with E-state index in [2.05, 4.69) is 20.0 Å². The van der Waals surface area contributed by atoms with Crippen molar-refractivity contribution in [3.8, 4) is 0 Å². The zero-order chi connectivity index (χ0) is 13.9. The van der Waals surface area contributed by atoms with Gasteiger partial charge in [0.2, 0.25) is 5.89 Å². The van der Waals surface area contributed by atoms with Gasteiger partial charge in [0.15, 0.2) is 11.0 Å². The number of likely N-dealkylation sites (tertiary alicyclic amines) is 1. The maximum atomic E-state index is 5.68. The van der Waals surface area contributed by atoms with Crippen LogP contribution in [0.3, 0.4) is 0 Å². The second-order valence-corrected chi connectivity index (χ2v) is 6.49. The molecule has 2 N–H and O–H groups in total. The van der Waals surface area contributed by atoms with Crippen LogP contribution in [-0.4, -0.2) is 33.1 Å². The topological polar surface area (TPSA) is 81.1 Å². The summed E-state index contributed by atoms with van der Waals surface area (Å²) < 4.78 is 5.04. The van der Waals surface area contributed by atoms with E-state index in [1.807, 2.05) is 13.1 Å². The van der Waals surface area contributed by atoms with E-state index >= 15 is 0 Å². The molecule has 2 aromatic heterocycles. The molecule has 1 saturated heterocycles. The number of anilines is 1. The predicted octanol–water partition coefficient (Wildman–Crippen LogP) is 2.29. The first-order valence-electron chi connectivity index (χ1n) is 6.91. The molecule has 1 fully saturated rings. The van der Waals surface area contributed by atoms with Crippen LogP contribution in [0.25, 0.3) is 0 Å². The lowest BCUT2D eigenvalue weighted by Crippen LogP contribution is -2.35. The van der Waals surface area contributed by atoms with Gasteiger partial charge in [-0.25, -0.2) is 4.98 Å². The van der Waals surface area contributed by atoms with Crippen molar-refractivity contribution < 1.29 is 4.52 Å². The van der Waals surface area contributed by atoms with Crippen molar-refractivity contribution in [3.05, 3.63) is 22.8 Å². The van der Waals surface area contributed by atoms with Crippen LogP contribution in [0.5, 0.6) is 0 Å². The van der Waals surface area contributed by atoms with E-state index in [-0.39, 0.29) is 12.4 Å². The summed E-state index contributed by atoms with van der Waals surface area (Å²) in [4.78, 5) is 12.1. The van der Waals surface area contributed by atoms with Crippen LogP contribution in [0, 0.1) is 12.8 Å². The number of thiazole rings is 1. The number of nitrogens with two attached hydrogens (primary N) is 1. The molecule has 21 heavy (non-hydrogen) atoms. The second-order valence-electron chi connectivity index (χ2n) is 5.34. The highest BCUT2D eigenvalue weighted by atomic mass is 35.5. The standard InChI is InChI=1S/C13H19N5OS.ClH/c1-9-16-12(17-19-9)5-10-3-2-4-18(7-10)8-11-6-15-13(14)20-11;/h6,10H,2-5,7-8H2,1H3,(H2,14,15);1H. The Hall–Kier alpha value is -1.18. The molecule has 6 nitrogen and oxygen atoms in total. The quantitative estimate of drug-likeness (QED) is 0.926. The van der Waals surface area contributed by atoms with Crippen LogP contribution < -0.4 is 5.73 Å². The molecule has 0 bridgehead atoms. The van der Waals surface area contributed by atoms with Gasteiger partial charge in [-0.15, -0.1) is 23.7 Å². The van der Waals surface area contributed by atoms with Crippen molar-refractivity contribution in [1.82, 2.24) is 20.0 Å². The molecular weight excluding hydrogens is 310 g/mol.